The summed E-state index contributed by atoms with van der Waals surface area (Å²) in [7, 11) is 0. The minimum absolute atomic E-state index is 0.205. The van der Waals surface area contributed by atoms with Crippen LogP contribution in [0.5, 0.6) is 0 Å². The first kappa shape index (κ1) is 21.6. The Morgan fingerprint density at radius 1 is 0.750 bits per heavy atom. The van der Waals surface area contributed by atoms with Gasteiger partial charge in [0.15, 0.2) is 0 Å². The van der Waals surface area contributed by atoms with Crippen LogP contribution in [0.4, 0.5) is 0 Å². The normalized spacial score (nSPS) is 13.8. The van der Waals surface area contributed by atoms with Crippen molar-refractivity contribution in [1.29, 1.82) is 0 Å². The maximum absolute atomic E-state index is 6.80. The summed E-state index contributed by atoms with van der Waals surface area (Å²) in [4.78, 5) is -0.205. The third-order valence-electron chi connectivity index (χ3n) is 5.21. The molecule has 0 radical (unpaired) electrons. The quantitative estimate of drug-likeness (QED) is 0.233. The molecule has 138 valence electrons. The van der Waals surface area contributed by atoms with Gasteiger partial charge >= 0.3 is 0 Å². The Morgan fingerprint density at radius 3 is 1.71 bits per heavy atom. The van der Waals surface area contributed by atoms with Gasteiger partial charge in [0.1, 0.15) is 0 Å². The van der Waals surface area contributed by atoms with Gasteiger partial charge in [0.2, 0.25) is 0 Å². The Morgan fingerprint density at radius 2 is 1.21 bits per heavy atom. The molecule has 0 amide bonds. The molecule has 1 heteroatoms. The minimum Gasteiger partial charge on any atom is -0.114 e. The van der Waals surface area contributed by atoms with Crippen molar-refractivity contribution in [3.05, 3.63) is 35.4 Å². The van der Waals surface area contributed by atoms with Crippen LogP contribution in [0, 0.1) is 6.92 Å². The number of rotatable bonds is 14. The molecule has 1 aromatic rings. The van der Waals surface area contributed by atoms with E-state index >= 15 is 0 Å². The zero-order valence-electron chi connectivity index (χ0n) is 16.4. The monoisotopic (exact) mass is 350 g/mol. The van der Waals surface area contributed by atoms with Crippen molar-refractivity contribution >= 4 is 11.6 Å². The van der Waals surface area contributed by atoms with E-state index in [1.54, 1.807) is 0 Å². The fraction of sp³-hybridized carbons (Fsp3) is 0.739. The first-order valence-electron chi connectivity index (χ1n) is 10.3. The predicted octanol–water partition coefficient (Wildman–Crippen LogP) is 8.54. The number of benzene rings is 1. The van der Waals surface area contributed by atoms with Gasteiger partial charge < -0.3 is 0 Å². The summed E-state index contributed by atoms with van der Waals surface area (Å²) >= 11 is 6.80. The minimum atomic E-state index is -0.205. The molecule has 24 heavy (non-hydrogen) atoms. The highest BCUT2D eigenvalue weighted by atomic mass is 35.5. The van der Waals surface area contributed by atoms with E-state index in [2.05, 4.69) is 45.0 Å². The van der Waals surface area contributed by atoms with Crippen LogP contribution < -0.4 is 0 Å². The lowest BCUT2D eigenvalue weighted by Crippen LogP contribution is -2.15. The van der Waals surface area contributed by atoms with E-state index < -0.39 is 0 Å². The molecule has 0 fully saturated rings. The fourth-order valence-electron chi connectivity index (χ4n) is 3.59. The van der Waals surface area contributed by atoms with Crippen LogP contribution in [-0.4, -0.2) is 0 Å². The van der Waals surface area contributed by atoms with E-state index in [9.17, 15) is 0 Å². The first-order chi connectivity index (χ1) is 11.6. The predicted molar refractivity (Wildman–Crippen MR) is 110 cm³/mol. The second-order valence-electron chi connectivity index (χ2n) is 7.65. The van der Waals surface area contributed by atoms with Crippen molar-refractivity contribution in [2.75, 3.05) is 0 Å². The van der Waals surface area contributed by atoms with Gasteiger partial charge in [0, 0.05) is 0 Å². The van der Waals surface area contributed by atoms with Gasteiger partial charge in [-0.2, -0.15) is 0 Å². The highest BCUT2D eigenvalue weighted by molar-refractivity contribution is 6.23. The lowest BCUT2D eigenvalue weighted by molar-refractivity contribution is 0.511. The molecule has 0 spiro atoms. The van der Waals surface area contributed by atoms with E-state index in [1.165, 1.54) is 88.2 Å². The van der Waals surface area contributed by atoms with Gasteiger partial charge in [-0.1, -0.05) is 108 Å². The molecule has 0 aromatic heterocycles. The van der Waals surface area contributed by atoms with Crippen molar-refractivity contribution < 1.29 is 0 Å². The van der Waals surface area contributed by atoms with Crippen molar-refractivity contribution in [3.63, 3.8) is 0 Å². The van der Waals surface area contributed by atoms with Crippen LogP contribution in [0.25, 0.3) is 0 Å². The topological polar surface area (TPSA) is 0 Å². The van der Waals surface area contributed by atoms with E-state index in [4.69, 9.17) is 11.6 Å². The Balaban J connectivity index is 2.01. The Bertz CT molecular complexity index is 422. The SMILES string of the molecule is CCCCCCCCCCCCCCC(C)(Cl)c1ccccc1C. The summed E-state index contributed by atoms with van der Waals surface area (Å²) in [5, 5.41) is 0. The van der Waals surface area contributed by atoms with Gasteiger partial charge in [-0.05, 0) is 31.4 Å². The summed E-state index contributed by atoms with van der Waals surface area (Å²) in [5.74, 6) is 0. The Kier molecular flexibility index (Phi) is 11.5. The van der Waals surface area contributed by atoms with Crippen LogP contribution in [0.1, 0.15) is 108 Å². The van der Waals surface area contributed by atoms with Crippen LogP contribution in [0.2, 0.25) is 0 Å². The molecule has 0 aliphatic rings. The summed E-state index contributed by atoms with van der Waals surface area (Å²) in [6.07, 6.45) is 17.8. The standard InChI is InChI=1S/C23H39Cl/c1-4-5-6-7-8-9-10-11-12-13-14-17-20-23(3,24)22-19-16-15-18-21(22)2/h15-16,18-19H,4-14,17,20H2,1-3H3. The molecule has 0 nitrogen and oxygen atoms in total. The number of hydrogen-bond acceptors (Lipinski definition) is 0. The van der Waals surface area contributed by atoms with Crippen LogP contribution in [-0.2, 0) is 4.87 Å². The molecule has 0 aliphatic heterocycles. The van der Waals surface area contributed by atoms with Gasteiger partial charge in [-0.25, -0.2) is 0 Å². The first-order valence-corrected chi connectivity index (χ1v) is 10.7. The molecular formula is C23H39Cl. The van der Waals surface area contributed by atoms with E-state index in [1.807, 2.05) is 0 Å². The lowest BCUT2D eigenvalue weighted by Gasteiger charge is -2.24. The van der Waals surface area contributed by atoms with Gasteiger partial charge in [-0.3, -0.25) is 0 Å². The highest BCUT2D eigenvalue weighted by Gasteiger charge is 2.24. The zero-order chi connectivity index (χ0) is 17.7. The van der Waals surface area contributed by atoms with Crippen molar-refractivity contribution in [2.45, 2.75) is 109 Å². The molecule has 0 saturated heterocycles. The van der Waals surface area contributed by atoms with Crippen molar-refractivity contribution in [1.82, 2.24) is 0 Å². The van der Waals surface area contributed by atoms with E-state index in [-0.39, 0.29) is 4.87 Å². The van der Waals surface area contributed by atoms with Crippen LogP contribution in [0.15, 0.2) is 24.3 Å². The van der Waals surface area contributed by atoms with Crippen molar-refractivity contribution in [3.8, 4) is 0 Å². The van der Waals surface area contributed by atoms with Gasteiger partial charge in [0.05, 0.1) is 4.87 Å². The molecule has 0 aliphatic carbocycles. The molecule has 0 bridgehead atoms. The largest absolute Gasteiger partial charge is 0.114 e. The second-order valence-corrected chi connectivity index (χ2v) is 8.49. The molecule has 0 heterocycles. The lowest BCUT2D eigenvalue weighted by atomic mass is 9.90. The molecule has 0 N–H and O–H groups in total. The molecular weight excluding hydrogens is 312 g/mol. The number of aryl methyl sites for hydroxylation is 1. The van der Waals surface area contributed by atoms with Crippen molar-refractivity contribution in [2.24, 2.45) is 0 Å². The van der Waals surface area contributed by atoms with E-state index in [0.717, 1.165) is 6.42 Å². The molecule has 1 rings (SSSR count). The third kappa shape index (κ3) is 9.11. The van der Waals surface area contributed by atoms with Gasteiger partial charge in [0.25, 0.3) is 0 Å². The zero-order valence-corrected chi connectivity index (χ0v) is 17.1. The maximum atomic E-state index is 6.80. The highest BCUT2D eigenvalue weighted by Crippen LogP contribution is 2.36. The smallest absolute Gasteiger partial charge is 0.0669 e. The number of hydrogen-bond donors (Lipinski definition) is 0. The summed E-state index contributed by atoms with van der Waals surface area (Å²) in [6, 6.07) is 8.54. The second kappa shape index (κ2) is 12.8. The van der Waals surface area contributed by atoms with Crippen LogP contribution in [0.3, 0.4) is 0 Å². The molecule has 1 unspecified atom stereocenters. The average molecular weight is 351 g/mol. The molecule has 1 aromatic carbocycles. The number of unbranched alkanes of at least 4 members (excludes halogenated alkanes) is 11. The Hall–Kier alpha value is -0.490. The third-order valence-corrected chi connectivity index (χ3v) is 5.60. The van der Waals surface area contributed by atoms with Crippen LogP contribution >= 0.6 is 11.6 Å². The molecule has 0 saturated carbocycles. The molecule has 1 atom stereocenters. The number of halogens is 1. The van der Waals surface area contributed by atoms with Gasteiger partial charge in [-0.15, -0.1) is 11.6 Å². The van der Waals surface area contributed by atoms with E-state index in [0.29, 0.717) is 0 Å². The Labute approximate surface area is 156 Å². The summed E-state index contributed by atoms with van der Waals surface area (Å²) in [5.41, 5.74) is 2.61. The summed E-state index contributed by atoms with van der Waals surface area (Å²) in [6.45, 7) is 6.63. The average Bonchev–Trinajstić information content (AvgIpc) is 2.56. The number of alkyl halides is 1. The summed E-state index contributed by atoms with van der Waals surface area (Å²) < 4.78 is 0. The maximum Gasteiger partial charge on any atom is 0.0669 e. The fourth-order valence-corrected chi connectivity index (χ4v) is 3.94.